The number of benzene rings is 1. The van der Waals surface area contributed by atoms with Gasteiger partial charge in [0, 0.05) is 19.5 Å². The Morgan fingerprint density at radius 2 is 2.08 bits per heavy atom. The molecule has 2 aromatic rings. The molecule has 2 aliphatic rings. The average molecular weight is 395 g/mol. The highest BCUT2D eigenvalue weighted by molar-refractivity contribution is 7.92. The SMILES string of the molecule is O=C(c1ccc(N2CCCCS2(=O)=O)cc1Cl)N1CCc2nc[nH]c2C1. The van der Waals surface area contributed by atoms with Gasteiger partial charge in [0.2, 0.25) is 10.0 Å². The number of carbonyl (C=O) groups is 1. The van der Waals surface area contributed by atoms with Crippen molar-refractivity contribution in [1.29, 1.82) is 0 Å². The number of nitrogens with one attached hydrogen (secondary N) is 1. The summed E-state index contributed by atoms with van der Waals surface area (Å²) in [4.78, 5) is 21.9. The molecule has 1 N–H and O–H groups in total. The number of carbonyl (C=O) groups excluding carboxylic acids is 1. The Morgan fingerprint density at radius 3 is 2.85 bits per heavy atom. The minimum absolute atomic E-state index is 0.144. The summed E-state index contributed by atoms with van der Waals surface area (Å²) in [6.07, 6.45) is 3.83. The zero-order valence-corrected chi connectivity index (χ0v) is 15.7. The van der Waals surface area contributed by atoms with E-state index in [0.29, 0.717) is 43.7 Å². The quantitative estimate of drug-likeness (QED) is 0.845. The fourth-order valence-corrected chi connectivity index (χ4v) is 5.35. The fraction of sp³-hybridized carbons (Fsp3) is 0.412. The van der Waals surface area contributed by atoms with Gasteiger partial charge in [-0.1, -0.05) is 11.6 Å². The van der Waals surface area contributed by atoms with Crippen LogP contribution in [0, 0.1) is 0 Å². The number of hydrogen-bond acceptors (Lipinski definition) is 4. The predicted molar refractivity (Wildman–Crippen MR) is 98.9 cm³/mol. The maximum absolute atomic E-state index is 12.8. The van der Waals surface area contributed by atoms with Crippen molar-refractivity contribution < 1.29 is 13.2 Å². The molecule has 26 heavy (non-hydrogen) atoms. The molecule has 4 rings (SSSR count). The van der Waals surface area contributed by atoms with Crippen LogP contribution in [0.2, 0.25) is 5.02 Å². The summed E-state index contributed by atoms with van der Waals surface area (Å²) < 4.78 is 25.9. The number of amides is 1. The van der Waals surface area contributed by atoms with E-state index in [9.17, 15) is 13.2 Å². The third-order valence-electron chi connectivity index (χ3n) is 4.88. The van der Waals surface area contributed by atoms with Gasteiger partial charge in [0.05, 0.1) is 46.3 Å². The highest BCUT2D eigenvalue weighted by Crippen LogP contribution is 2.29. The van der Waals surface area contributed by atoms with E-state index in [0.717, 1.165) is 17.8 Å². The van der Waals surface area contributed by atoms with E-state index >= 15 is 0 Å². The minimum Gasteiger partial charge on any atom is -0.347 e. The number of aromatic amines is 1. The lowest BCUT2D eigenvalue weighted by Gasteiger charge is -2.29. The topological polar surface area (TPSA) is 86.4 Å². The zero-order valence-electron chi connectivity index (χ0n) is 14.1. The molecule has 0 radical (unpaired) electrons. The van der Waals surface area contributed by atoms with E-state index in [1.165, 1.54) is 4.31 Å². The van der Waals surface area contributed by atoms with Crippen molar-refractivity contribution in [2.24, 2.45) is 0 Å². The molecule has 3 heterocycles. The number of fused-ring (bicyclic) bond motifs is 1. The Hall–Kier alpha value is -2.06. The van der Waals surface area contributed by atoms with Gasteiger partial charge in [-0.15, -0.1) is 0 Å². The van der Waals surface area contributed by atoms with Crippen LogP contribution >= 0.6 is 11.6 Å². The van der Waals surface area contributed by atoms with E-state index < -0.39 is 10.0 Å². The molecule has 2 aliphatic heterocycles. The lowest BCUT2D eigenvalue weighted by atomic mass is 10.1. The van der Waals surface area contributed by atoms with Crippen molar-refractivity contribution in [1.82, 2.24) is 14.9 Å². The Kier molecular flexibility index (Phi) is 4.40. The van der Waals surface area contributed by atoms with Crippen LogP contribution in [0.1, 0.15) is 34.6 Å². The summed E-state index contributed by atoms with van der Waals surface area (Å²) in [6.45, 7) is 1.49. The van der Waals surface area contributed by atoms with E-state index in [4.69, 9.17) is 11.6 Å². The molecule has 0 unspecified atom stereocenters. The molecular weight excluding hydrogens is 376 g/mol. The van der Waals surface area contributed by atoms with Crippen LogP contribution in [0.5, 0.6) is 0 Å². The van der Waals surface area contributed by atoms with E-state index in [1.54, 1.807) is 29.4 Å². The lowest BCUT2D eigenvalue weighted by Crippen LogP contribution is -2.38. The number of anilines is 1. The second-order valence-corrected chi connectivity index (χ2v) is 8.98. The maximum atomic E-state index is 12.8. The first-order chi connectivity index (χ1) is 12.5. The van der Waals surface area contributed by atoms with Crippen molar-refractivity contribution in [2.75, 3.05) is 23.1 Å². The normalized spacial score (nSPS) is 19.3. The first-order valence-electron chi connectivity index (χ1n) is 8.56. The predicted octanol–water partition coefficient (Wildman–Crippen LogP) is 2.19. The molecule has 0 aliphatic carbocycles. The molecule has 0 saturated carbocycles. The second kappa shape index (κ2) is 6.59. The minimum atomic E-state index is -3.31. The maximum Gasteiger partial charge on any atom is 0.255 e. The van der Waals surface area contributed by atoms with E-state index in [2.05, 4.69) is 9.97 Å². The summed E-state index contributed by atoms with van der Waals surface area (Å²) in [5.74, 6) is -0.0192. The molecule has 1 aromatic heterocycles. The third kappa shape index (κ3) is 3.07. The standard InChI is InChI=1S/C17H19ClN4O3S/c18-14-9-12(22-6-1-2-8-26(22,24)25)3-4-13(14)17(23)21-7-5-15-16(10-21)20-11-19-15/h3-4,9,11H,1-2,5-8,10H2,(H,19,20). The summed E-state index contributed by atoms with van der Waals surface area (Å²) in [7, 11) is -3.31. The molecule has 1 saturated heterocycles. The van der Waals surface area contributed by atoms with Crippen LogP contribution in [-0.2, 0) is 23.0 Å². The Morgan fingerprint density at radius 1 is 1.23 bits per heavy atom. The van der Waals surface area contributed by atoms with Crippen LogP contribution in [0.3, 0.4) is 0 Å². The summed E-state index contributed by atoms with van der Waals surface area (Å²) >= 11 is 6.35. The van der Waals surface area contributed by atoms with Crippen LogP contribution in [-0.4, -0.2) is 48.0 Å². The molecule has 0 bridgehead atoms. The summed E-state index contributed by atoms with van der Waals surface area (Å²) in [6, 6.07) is 4.85. The number of rotatable bonds is 2. The Bertz CT molecular complexity index is 957. The summed E-state index contributed by atoms with van der Waals surface area (Å²) in [5, 5.41) is 0.267. The van der Waals surface area contributed by atoms with Gasteiger partial charge in [0.15, 0.2) is 0 Å². The molecule has 1 fully saturated rings. The monoisotopic (exact) mass is 394 g/mol. The second-order valence-electron chi connectivity index (χ2n) is 6.56. The van der Waals surface area contributed by atoms with E-state index in [-0.39, 0.29) is 16.7 Å². The van der Waals surface area contributed by atoms with Crippen LogP contribution in [0.25, 0.3) is 0 Å². The third-order valence-corrected chi connectivity index (χ3v) is 7.06. The number of imidazole rings is 1. The number of nitrogens with zero attached hydrogens (tertiary/aromatic N) is 3. The number of sulfonamides is 1. The number of hydrogen-bond donors (Lipinski definition) is 1. The smallest absolute Gasteiger partial charge is 0.255 e. The molecule has 7 nitrogen and oxygen atoms in total. The van der Waals surface area contributed by atoms with Crippen molar-refractivity contribution in [2.45, 2.75) is 25.8 Å². The molecule has 1 amide bonds. The van der Waals surface area contributed by atoms with Gasteiger partial charge in [0.25, 0.3) is 5.91 Å². The Labute approximate surface area is 157 Å². The lowest BCUT2D eigenvalue weighted by molar-refractivity contribution is 0.0732. The highest BCUT2D eigenvalue weighted by atomic mass is 35.5. The zero-order chi connectivity index (χ0) is 18.3. The van der Waals surface area contributed by atoms with Gasteiger partial charge in [-0.3, -0.25) is 9.10 Å². The number of H-pyrrole nitrogens is 1. The molecule has 0 spiro atoms. The van der Waals surface area contributed by atoms with Gasteiger partial charge in [-0.2, -0.15) is 0 Å². The van der Waals surface area contributed by atoms with Crippen LogP contribution in [0.15, 0.2) is 24.5 Å². The van der Waals surface area contributed by atoms with Crippen molar-refractivity contribution in [3.63, 3.8) is 0 Å². The van der Waals surface area contributed by atoms with Gasteiger partial charge < -0.3 is 9.88 Å². The van der Waals surface area contributed by atoms with Gasteiger partial charge in [0.1, 0.15) is 0 Å². The number of aromatic nitrogens is 2. The van der Waals surface area contributed by atoms with Crippen molar-refractivity contribution >= 4 is 33.2 Å². The largest absolute Gasteiger partial charge is 0.347 e. The average Bonchev–Trinajstić information content (AvgIpc) is 3.08. The first-order valence-corrected chi connectivity index (χ1v) is 10.5. The van der Waals surface area contributed by atoms with Crippen molar-refractivity contribution in [3.05, 3.63) is 46.5 Å². The molecule has 1 aromatic carbocycles. The van der Waals surface area contributed by atoms with Crippen molar-refractivity contribution in [3.8, 4) is 0 Å². The van der Waals surface area contributed by atoms with Crippen LogP contribution in [0.4, 0.5) is 5.69 Å². The van der Waals surface area contributed by atoms with Gasteiger partial charge in [-0.05, 0) is 31.0 Å². The Balaban J connectivity index is 1.57. The van der Waals surface area contributed by atoms with Crippen LogP contribution < -0.4 is 4.31 Å². The molecule has 9 heteroatoms. The molecule has 138 valence electrons. The van der Waals surface area contributed by atoms with Gasteiger partial charge in [-0.25, -0.2) is 13.4 Å². The van der Waals surface area contributed by atoms with E-state index in [1.807, 2.05) is 0 Å². The summed E-state index contributed by atoms with van der Waals surface area (Å²) in [5.41, 5.74) is 2.83. The molecular formula is C17H19ClN4O3S. The molecule has 0 atom stereocenters. The first kappa shape index (κ1) is 17.4. The fourth-order valence-electron chi connectivity index (χ4n) is 3.47. The number of halogens is 1. The van der Waals surface area contributed by atoms with Gasteiger partial charge >= 0.3 is 0 Å². The highest BCUT2D eigenvalue weighted by Gasteiger charge is 2.28.